The van der Waals surface area contributed by atoms with Gasteiger partial charge in [0.05, 0.1) is 6.54 Å². The highest BCUT2D eigenvalue weighted by atomic mass is 127. The van der Waals surface area contributed by atoms with E-state index < -0.39 is 0 Å². The van der Waals surface area contributed by atoms with Crippen LogP contribution in [0.2, 0.25) is 0 Å². The molecular weight excluding hydrogens is 463 g/mol. The Labute approximate surface area is 189 Å². The van der Waals surface area contributed by atoms with E-state index in [2.05, 4.69) is 55.9 Å². The fourth-order valence-corrected chi connectivity index (χ4v) is 2.87. The van der Waals surface area contributed by atoms with Crippen molar-refractivity contribution in [1.82, 2.24) is 15.5 Å². The Kier molecular flexibility index (Phi) is 15.9. The first kappa shape index (κ1) is 26.7. The molecule has 0 spiro atoms. The second-order valence-corrected chi connectivity index (χ2v) is 6.62. The lowest BCUT2D eigenvalue weighted by atomic mass is 10.2. The molecule has 0 aromatic heterocycles. The van der Waals surface area contributed by atoms with Crippen LogP contribution in [0.3, 0.4) is 0 Å². The largest absolute Gasteiger partial charge is 0.489 e. The van der Waals surface area contributed by atoms with Crippen molar-refractivity contribution in [2.75, 3.05) is 32.8 Å². The lowest BCUT2D eigenvalue weighted by Gasteiger charge is -2.21. The number of ether oxygens (including phenoxy) is 1. The molecule has 1 unspecified atom stereocenters. The number of hydrogen-bond donors (Lipinski definition) is 2. The molecular formula is C22H39IN4O. The van der Waals surface area contributed by atoms with Crippen LogP contribution in [-0.4, -0.2) is 49.7 Å². The van der Waals surface area contributed by atoms with E-state index in [-0.39, 0.29) is 24.0 Å². The number of nitrogens with one attached hydrogen (secondary N) is 2. The molecule has 0 bridgehead atoms. The zero-order valence-corrected chi connectivity index (χ0v) is 20.4. The van der Waals surface area contributed by atoms with Crippen LogP contribution in [0.25, 0.3) is 0 Å². The van der Waals surface area contributed by atoms with Crippen LogP contribution >= 0.6 is 24.0 Å². The summed E-state index contributed by atoms with van der Waals surface area (Å²) < 4.78 is 5.72. The number of aliphatic imine (C=N–C) groups is 1. The highest BCUT2D eigenvalue weighted by Crippen LogP contribution is 2.18. The van der Waals surface area contributed by atoms with E-state index in [1.807, 2.05) is 18.2 Å². The second kappa shape index (κ2) is 16.7. The Hall–Kier alpha value is -1.28. The third-order valence-corrected chi connectivity index (χ3v) is 4.47. The fraction of sp³-hybridized carbons (Fsp3) is 0.591. The number of guanidine groups is 1. The zero-order chi connectivity index (χ0) is 19.9. The van der Waals surface area contributed by atoms with Crippen LogP contribution in [0.4, 0.5) is 0 Å². The van der Waals surface area contributed by atoms with Gasteiger partial charge < -0.3 is 20.3 Å². The van der Waals surface area contributed by atoms with E-state index in [9.17, 15) is 0 Å². The molecule has 0 amide bonds. The van der Waals surface area contributed by atoms with Gasteiger partial charge in [0, 0.05) is 18.2 Å². The molecule has 0 heterocycles. The fourth-order valence-electron chi connectivity index (χ4n) is 2.87. The summed E-state index contributed by atoms with van der Waals surface area (Å²) in [6, 6.07) is 8.41. The Morgan fingerprint density at radius 3 is 2.61 bits per heavy atom. The summed E-state index contributed by atoms with van der Waals surface area (Å²) in [5.41, 5.74) is 1.07. The summed E-state index contributed by atoms with van der Waals surface area (Å²) in [5, 5.41) is 6.86. The first-order valence-electron chi connectivity index (χ1n) is 10.2. The molecule has 0 aliphatic rings. The molecule has 160 valence electrons. The van der Waals surface area contributed by atoms with Crippen LogP contribution in [-0.2, 0) is 6.54 Å². The van der Waals surface area contributed by atoms with Gasteiger partial charge in [-0.1, -0.05) is 44.7 Å². The number of benzene rings is 1. The third kappa shape index (κ3) is 10.9. The van der Waals surface area contributed by atoms with Crippen LogP contribution in [0.5, 0.6) is 5.75 Å². The monoisotopic (exact) mass is 502 g/mol. The molecule has 1 rings (SSSR count). The molecule has 0 aliphatic carbocycles. The molecule has 0 fully saturated rings. The molecule has 6 heteroatoms. The Morgan fingerprint density at radius 2 is 1.96 bits per heavy atom. The quantitative estimate of drug-likeness (QED) is 0.181. The van der Waals surface area contributed by atoms with Crippen molar-refractivity contribution in [3.8, 4) is 5.75 Å². The molecule has 1 atom stereocenters. The maximum absolute atomic E-state index is 5.72. The number of rotatable bonds is 13. The van der Waals surface area contributed by atoms with Crippen molar-refractivity contribution in [3.63, 3.8) is 0 Å². The standard InChI is InChI=1S/C22H38N4O.HI/c1-6-17-27-21-15-11-10-14-20(21)18-24-22(23-7-2)25-19(5)13-12-16-26(8-3)9-4;/h6,10-11,14-15,19H,1,7-9,12-13,16-18H2,2-5H3,(H2,23,24,25);1H. The minimum absolute atomic E-state index is 0. The number of nitrogens with zero attached hydrogens (tertiary/aromatic N) is 2. The minimum Gasteiger partial charge on any atom is -0.489 e. The molecule has 0 saturated heterocycles. The normalized spacial score (nSPS) is 12.2. The van der Waals surface area contributed by atoms with E-state index in [0.29, 0.717) is 19.2 Å². The molecule has 0 aliphatic heterocycles. The van der Waals surface area contributed by atoms with E-state index in [4.69, 9.17) is 9.73 Å². The van der Waals surface area contributed by atoms with Gasteiger partial charge >= 0.3 is 0 Å². The van der Waals surface area contributed by atoms with Gasteiger partial charge in [-0.2, -0.15) is 0 Å². The maximum atomic E-state index is 5.72. The molecule has 5 nitrogen and oxygen atoms in total. The first-order valence-corrected chi connectivity index (χ1v) is 10.2. The van der Waals surface area contributed by atoms with E-state index in [1.165, 1.54) is 6.42 Å². The van der Waals surface area contributed by atoms with Gasteiger partial charge in [-0.3, -0.25) is 0 Å². The maximum Gasteiger partial charge on any atom is 0.191 e. The smallest absolute Gasteiger partial charge is 0.191 e. The van der Waals surface area contributed by atoms with Crippen LogP contribution in [0, 0.1) is 0 Å². The van der Waals surface area contributed by atoms with Crippen LogP contribution in [0.1, 0.15) is 46.1 Å². The third-order valence-electron chi connectivity index (χ3n) is 4.47. The summed E-state index contributed by atoms with van der Waals surface area (Å²) in [6.45, 7) is 17.8. The first-order chi connectivity index (χ1) is 13.1. The summed E-state index contributed by atoms with van der Waals surface area (Å²) >= 11 is 0. The summed E-state index contributed by atoms with van der Waals surface area (Å²) in [7, 11) is 0. The van der Waals surface area contributed by atoms with Crippen LogP contribution in [0.15, 0.2) is 41.9 Å². The van der Waals surface area contributed by atoms with Gasteiger partial charge in [0.1, 0.15) is 12.4 Å². The van der Waals surface area contributed by atoms with Crippen molar-refractivity contribution in [3.05, 3.63) is 42.5 Å². The number of hydrogen-bond acceptors (Lipinski definition) is 3. The van der Waals surface area contributed by atoms with Crippen molar-refractivity contribution in [2.24, 2.45) is 4.99 Å². The average molecular weight is 502 g/mol. The summed E-state index contributed by atoms with van der Waals surface area (Å²) in [6.07, 6.45) is 4.07. The average Bonchev–Trinajstić information content (AvgIpc) is 2.68. The highest BCUT2D eigenvalue weighted by molar-refractivity contribution is 14.0. The molecule has 0 saturated carbocycles. The molecule has 28 heavy (non-hydrogen) atoms. The topological polar surface area (TPSA) is 48.9 Å². The van der Waals surface area contributed by atoms with Gasteiger partial charge in [0.25, 0.3) is 0 Å². The Morgan fingerprint density at radius 1 is 1.25 bits per heavy atom. The molecule has 1 aromatic rings. The van der Waals surface area contributed by atoms with Crippen molar-refractivity contribution >= 4 is 29.9 Å². The number of halogens is 1. The van der Waals surface area contributed by atoms with Gasteiger partial charge in [-0.15, -0.1) is 24.0 Å². The predicted octanol–water partition coefficient (Wildman–Crippen LogP) is 4.44. The molecule has 2 N–H and O–H groups in total. The van der Waals surface area contributed by atoms with E-state index in [1.54, 1.807) is 6.08 Å². The molecule has 1 aromatic carbocycles. The lowest BCUT2D eigenvalue weighted by molar-refractivity contribution is 0.292. The summed E-state index contributed by atoms with van der Waals surface area (Å²) in [5.74, 6) is 1.72. The second-order valence-electron chi connectivity index (χ2n) is 6.62. The Bertz CT molecular complexity index is 561. The van der Waals surface area contributed by atoms with E-state index >= 15 is 0 Å². The van der Waals surface area contributed by atoms with Gasteiger partial charge in [-0.25, -0.2) is 4.99 Å². The van der Waals surface area contributed by atoms with Crippen LogP contribution < -0.4 is 15.4 Å². The zero-order valence-electron chi connectivity index (χ0n) is 18.0. The summed E-state index contributed by atoms with van der Waals surface area (Å²) in [4.78, 5) is 7.21. The van der Waals surface area contributed by atoms with Crippen molar-refractivity contribution in [2.45, 2.75) is 53.1 Å². The van der Waals surface area contributed by atoms with Crippen molar-refractivity contribution < 1.29 is 4.74 Å². The number of para-hydroxylation sites is 1. The highest BCUT2D eigenvalue weighted by Gasteiger charge is 2.08. The SMILES string of the molecule is C=CCOc1ccccc1CN=C(NCC)NC(C)CCCN(CC)CC.I. The minimum atomic E-state index is 0. The predicted molar refractivity (Wildman–Crippen MR) is 132 cm³/mol. The Balaban J connectivity index is 0.00000729. The van der Waals surface area contributed by atoms with Crippen molar-refractivity contribution in [1.29, 1.82) is 0 Å². The van der Waals surface area contributed by atoms with Gasteiger partial charge in [-0.05, 0) is 52.4 Å². The van der Waals surface area contributed by atoms with Gasteiger partial charge in [0.15, 0.2) is 5.96 Å². The van der Waals surface area contributed by atoms with E-state index in [0.717, 1.165) is 49.9 Å². The lowest BCUT2D eigenvalue weighted by Crippen LogP contribution is -2.42. The molecule has 0 radical (unpaired) electrons. The van der Waals surface area contributed by atoms with Gasteiger partial charge in [0.2, 0.25) is 0 Å².